The van der Waals surface area contributed by atoms with E-state index in [0.29, 0.717) is 38.4 Å². The maximum atomic E-state index is 11.9. The third-order valence-corrected chi connectivity index (χ3v) is 5.10. The smallest absolute Gasteiger partial charge is 0.229 e. The summed E-state index contributed by atoms with van der Waals surface area (Å²) in [7, 11) is 0. The molecule has 150 valence electrons. The number of carbonyl (C=O) groups excluding carboxylic acids is 2. The fourth-order valence-electron chi connectivity index (χ4n) is 3.70. The van der Waals surface area contributed by atoms with Crippen LogP contribution in [0.3, 0.4) is 0 Å². The third-order valence-electron chi connectivity index (χ3n) is 5.10. The quantitative estimate of drug-likeness (QED) is 0.260. The predicted molar refractivity (Wildman–Crippen MR) is 115 cm³/mol. The Morgan fingerprint density at radius 2 is 1.85 bits per heavy atom. The van der Waals surface area contributed by atoms with Crippen LogP contribution in [-0.4, -0.2) is 84.3 Å². The number of imide groups is 1. The van der Waals surface area contributed by atoms with Crippen molar-refractivity contribution in [3.8, 4) is 0 Å². The molecule has 2 aliphatic rings. The molecule has 0 spiro atoms. The summed E-state index contributed by atoms with van der Waals surface area (Å²) in [5, 5.41) is 3.35. The predicted octanol–water partition coefficient (Wildman–Crippen LogP) is 1.53. The van der Waals surface area contributed by atoms with Crippen molar-refractivity contribution in [3.05, 3.63) is 0 Å². The summed E-state index contributed by atoms with van der Waals surface area (Å²) in [5.74, 6) is 0.785. The highest BCUT2D eigenvalue weighted by Crippen LogP contribution is 2.16. The van der Waals surface area contributed by atoms with E-state index >= 15 is 0 Å². The number of nitrogens with one attached hydrogen (secondary N) is 1. The minimum absolute atomic E-state index is 0. The Bertz CT molecular complexity index is 480. The van der Waals surface area contributed by atoms with Crippen LogP contribution in [0, 0.1) is 0 Å². The van der Waals surface area contributed by atoms with E-state index in [4.69, 9.17) is 0 Å². The molecular weight excluding hydrogens is 445 g/mol. The van der Waals surface area contributed by atoms with Gasteiger partial charge in [-0.25, -0.2) is 0 Å². The van der Waals surface area contributed by atoms with E-state index in [2.05, 4.69) is 40.9 Å². The molecule has 0 radical (unpaired) electrons. The van der Waals surface area contributed by atoms with Crippen molar-refractivity contribution in [3.63, 3.8) is 0 Å². The summed E-state index contributed by atoms with van der Waals surface area (Å²) >= 11 is 0. The molecule has 8 heteroatoms. The van der Waals surface area contributed by atoms with Gasteiger partial charge in [0, 0.05) is 45.1 Å². The fourth-order valence-corrected chi connectivity index (χ4v) is 3.70. The minimum Gasteiger partial charge on any atom is -0.357 e. The Kier molecular flexibility index (Phi) is 10.4. The summed E-state index contributed by atoms with van der Waals surface area (Å²) in [6, 6.07) is 0.573. The number of hydrogen-bond donors (Lipinski definition) is 1. The highest BCUT2D eigenvalue weighted by atomic mass is 127. The van der Waals surface area contributed by atoms with Crippen LogP contribution >= 0.6 is 24.0 Å². The number of carbonyl (C=O) groups is 2. The topological polar surface area (TPSA) is 68.2 Å². The van der Waals surface area contributed by atoms with Gasteiger partial charge >= 0.3 is 0 Å². The molecule has 26 heavy (non-hydrogen) atoms. The highest BCUT2D eigenvalue weighted by molar-refractivity contribution is 14.0. The van der Waals surface area contributed by atoms with E-state index < -0.39 is 0 Å². The summed E-state index contributed by atoms with van der Waals surface area (Å²) in [4.78, 5) is 34.6. The standard InChI is InChI=1S/C18H33N5O2.HI/c1-4-19-18(22-12-10-15(14-22)21(5-2)6-3)20-11-13-23-16(24)8-7-9-17(23)25;/h15H,4-14H2,1-3H3,(H,19,20);1H. The van der Waals surface area contributed by atoms with Gasteiger partial charge in [0.15, 0.2) is 5.96 Å². The molecule has 2 aliphatic heterocycles. The van der Waals surface area contributed by atoms with Crippen molar-refractivity contribution in [2.45, 2.75) is 52.5 Å². The first-order valence-electron chi connectivity index (χ1n) is 9.71. The van der Waals surface area contributed by atoms with Gasteiger partial charge < -0.3 is 10.2 Å². The van der Waals surface area contributed by atoms with E-state index in [1.54, 1.807) is 0 Å². The van der Waals surface area contributed by atoms with Gasteiger partial charge in [0.05, 0.1) is 6.54 Å². The monoisotopic (exact) mass is 479 g/mol. The number of piperidine rings is 1. The zero-order chi connectivity index (χ0) is 18.2. The Morgan fingerprint density at radius 3 is 2.42 bits per heavy atom. The molecule has 0 aromatic rings. The van der Waals surface area contributed by atoms with Crippen molar-refractivity contribution in [1.29, 1.82) is 0 Å². The first kappa shape index (κ1) is 23.1. The molecular formula is C18H34IN5O2. The van der Waals surface area contributed by atoms with Gasteiger partial charge in [-0.1, -0.05) is 13.8 Å². The Morgan fingerprint density at radius 1 is 1.19 bits per heavy atom. The molecule has 2 saturated heterocycles. The van der Waals surface area contributed by atoms with Crippen LogP contribution in [-0.2, 0) is 9.59 Å². The van der Waals surface area contributed by atoms with Gasteiger partial charge in [-0.3, -0.25) is 24.4 Å². The van der Waals surface area contributed by atoms with Gasteiger partial charge in [-0.05, 0) is 32.9 Å². The van der Waals surface area contributed by atoms with Crippen molar-refractivity contribution in [1.82, 2.24) is 20.0 Å². The molecule has 2 rings (SSSR count). The van der Waals surface area contributed by atoms with Crippen LogP contribution in [0.2, 0.25) is 0 Å². The minimum atomic E-state index is -0.0563. The van der Waals surface area contributed by atoms with Gasteiger partial charge in [0.1, 0.15) is 0 Å². The fraction of sp³-hybridized carbons (Fsp3) is 0.833. The number of halogens is 1. The van der Waals surface area contributed by atoms with Crippen LogP contribution < -0.4 is 5.32 Å². The molecule has 0 aromatic heterocycles. The lowest BCUT2D eigenvalue weighted by Crippen LogP contribution is -2.44. The van der Waals surface area contributed by atoms with Crippen LogP contribution in [0.4, 0.5) is 0 Å². The Balaban J connectivity index is 0.00000338. The average molecular weight is 479 g/mol. The Hall–Kier alpha value is -0.900. The molecule has 1 N–H and O–H groups in total. The van der Waals surface area contributed by atoms with Gasteiger partial charge in [-0.2, -0.15) is 0 Å². The van der Waals surface area contributed by atoms with Crippen molar-refractivity contribution < 1.29 is 9.59 Å². The normalized spacial score (nSPS) is 21.4. The second-order valence-corrected chi connectivity index (χ2v) is 6.64. The van der Waals surface area contributed by atoms with E-state index in [0.717, 1.165) is 45.1 Å². The highest BCUT2D eigenvalue weighted by Gasteiger charge is 2.28. The van der Waals surface area contributed by atoms with Crippen molar-refractivity contribution in [2.75, 3.05) is 45.8 Å². The first-order chi connectivity index (χ1) is 12.1. The number of guanidine groups is 1. The molecule has 2 heterocycles. The lowest BCUT2D eigenvalue weighted by atomic mass is 10.1. The largest absolute Gasteiger partial charge is 0.357 e. The number of rotatable bonds is 7. The van der Waals surface area contributed by atoms with E-state index in [1.165, 1.54) is 4.90 Å². The summed E-state index contributed by atoms with van der Waals surface area (Å²) in [6.07, 6.45) is 2.79. The second-order valence-electron chi connectivity index (χ2n) is 6.64. The lowest BCUT2D eigenvalue weighted by Gasteiger charge is -2.27. The maximum absolute atomic E-state index is 11.9. The Labute approximate surface area is 174 Å². The lowest BCUT2D eigenvalue weighted by molar-refractivity contribution is -0.147. The number of aliphatic imine (C=N–C) groups is 1. The second kappa shape index (κ2) is 11.7. The summed E-state index contributed by atoms with van der Waals surface area (Å²) < 4.78 is 0. The zero-order valence-electron chi connectivity index (χ0n) is 16.4. The maximum Gasteiger partial charge on any atom is 0.229 e. The SMILES string of the molecule is CCNC(=NCCN1C(=O)CCCC1=O)N1CCC(N(CC)CC)C1.I. The number of likely N-dealkylation sites (tertiary alicyclic amines) is 2. The summed E-state index contributed by atoms with van der Waals surface area (Å²) in [5.41, 5.74) is 0. The molecule has 1 unspecified atom stereocenters. The number of nitrogens with zero attached hydrogens (tertiary/aromatic N) is 4. The molecule has 2 amide bonds. The number of amides is 2. The van der Waals surface area contributed by atoms with Gasteiger partial charge in [0.2, 0.25) is 11.8 Å². The molecule has 0 aliphatic carbocycles. The van der Waals surface area contributed by atoms with E-state index in [9.17, 15) is 9.59 Å². The molecule has 7 nitrogen and oxygen atoms in total. The molecule has 2 fully saturated rings. The van der Waals surface area contributed by atoms with Gasteiger partial charge in [-0.15, -0.1) is 24.0 Å². The molecule has 0 aromatic carbocycles. The molecule has 0 bridgehead atoms. The number of likely N-dealkylation sites (N-methyl/N-ethyl adjacent to an activating group) is 1. The average Bonchev–Trinajstić information content (AvgIpc) is 3.07. The van der Waals surface area contributed by atoms with Crippen LogP contribution in [0.25, 0.3) is 0 Å². The molecule has 0 saturated carbocycles. The third kappa shape index (κ3) is 6.07. The van der Waals surface area contributed by atoms with Crippen LogP contribution in [0.5, 0.6) is 0 Å². The zero-order valence-corrected chi connectivity index (χ0v) is 18.7. The first-order valence-corrected chi connectivity index (χ1v) is 9.71. The van der Waals surface area contributed by atoms with Crippen LogP contribution in [0.15, 0.2) is 4.99 Å². The van der Waals surface area contributed by atoms with Crippen LogP contribution in [0.1, 0.15) is 46.5 Å². The summed E-state index contributed by atoms with van der Waals surface area (Å²) in [6.45, 7) is 12.3. The van der Waals surface area contributed by atoms with E-state index in [-0.39, 0.29) is 35.8 Å². The molecule has 1 atom stereocenters. The van der Waals surface area contributed by atoms with E-state index in [1.807, 2.05) is 0 Å². The van der Waals surface area contributed by atoms with Crippen molar-refractivity contribution in [2.24, 2.45) is 4.99 Å². The van der Waals surface area contributed by atoms with Crippen molar-refractivity contribution >= 4 is 41.8 Å². The number of hydrogen-bond acceptors (Lipinski definition) is 4. The van der Waals surface area contributed by atoms with Gasteiger partial charge in [0.25, 0.3) is 0 Å².